The highest BCUT2D eigenvalue weighted by Crippen LogP contribution is 2.18. The van der Waals surface area contributed by atoms with Crippen LogP contribution >= 0.6 is 0 Å². The molecule has 0 N–H and O–H groups in total. The summed E-state index contributed by atoms with van der Waals surface area (Å²) in [6.07, 6.45) is 0.724. The van der Waals surface area contributed by atoms with Crippen LogP contribution in [0.1, 0.15) is 28.8 Å². The first-order chi connectivity index (χ1) is 12.0. The van der Waals surface area contributed by atoms with Gasteiger partial charge in [-0.2, -0.15) is 0 Å². The Balaban J connectivity index is 1.84. The summed E-state index contributed by atoms with van der Waals surface area (Å²) in [6, 6.07) is 13.5. The van der Waals surface area contributed by atoms with Crippen molar-refractivity contribution in [2.75, 3.05) is 20.7 Å². The summed E-state index contributed by atoms with van der Waals surface area (Å²) in [6.45, 7) is 0.521. The molecule has 0 aliphatic carbocycles. The maximum atomic E-state index is 13.6. The quantitative estimate of drug-likeness (QED) is 0.689. The number of benzene rings is 2. The SMILES string of the molecule is COc1ccccc1CCN(C)C(=O)CCC(=O)c1ccccc1F. The lowest BCUT2D eigenvalue weighted by Crippen LogP contribution is -2.29. The van der Waals surface area contributed by atoms with E-state index < -0.39 is 5.82 Å². The average Bonchev–Trinajstić information content (AvgIpc) is 2.64. The number of amides is 1. The largest absolute Gasteiger partial charge is 0.496 e. The van der Waals surface area contributed by atoms with Crippen molar-refractivity contribution >= 4 is 11.7 Å². The Morgan fingerprint density at radius 1 is 1.04 bits per heavy atom. The molecule has 4 nitrogen and oxygen atoms in total. The van der Waals surface area contributed by atoms with Gasteiger partial charge < -0.3 is 9.64 Å². The van der Waals surface area contributed by atoms with E-state index in [9.17, 15) is 14.0 Å². The summed E-state index contributed by atoms with van der Waals surface area (Å²) < 4.78 is 18.9. The van der Waals surface area contributed by atoms with E-state index in [1.165, 1.54) is 18.2 Å². The van der Waals surface area contributed by atoms with E-state index in [1.807, 2.05) is 24.3 Å². The number of methoxy groups -OCH3 is 1. The Morgan fingerprint density at radius 2 is 1.72 bits per heavy atom. The van der Waals surface area contributed by atoms with Crippen molar-refractivity contribution in [3.63, 3.8) is 0 Å². The Kier molecular flexibility index (Phi) is 6.69. The number of carbonyl (C=O) groups excluding carboxylic acids is 2. The van der Waals surface area contributed by atoms with Crippen molar-refractivity contribution in [3.05, 3.63) is 65.5 Å². The van der Waals surface area contributed by atoms with Gasteiger partial charge in [0, 0.05) is 26.4 Å². The van der Waals surface area contributed by atoms with Crippen molar-refractivity contribution in [1.29, 1.82) is 0 Å². The lowest BCUT2D eigenvalue weighted by molar-refractivity contribution is -0.129. The molecule has 2 aromatic rings. The van der Waals surface area contributed by atoms with Gasteiger partial charge in [-0.3, -0.25) is 9.59 Å². The van der Waals surface area contributed by atoms with Crippen LogP contribution in [0.2, 0.25) is 0 Å². The molecule has 0 radical (unpaired) electrons. The summed E-state index contributed by atoms with van der Waals surface area (Å²) in [5.41, 5.74) is 1.05. The molecule has 0 saturated heterocycles. The van der Waals surface area contributed by atoms with E-state index in [1.54, 1.807) is 25.1 Å². The molecule has 0 aliphatic rings. The van der Waals surface area contributed by atoms with Crippen molar-refractivity contribution in [1.82, 2.24) is 4.90 Å². The molecule has 2 aromatic carbocycles. The second kappa shape index (κ2) is 8.97. The number of rotatable bonds is 8. The van der Waals surface area contributed by atoms with E-state index in [-0.39, 0.29) is 30.1 Å². The van der Waals surface area contributed by atoms with Gasteiger partial charge in [0.05, 0.1) is 12.7 Å². The normalized spacial score (nSPS) is 10.4. The number of ether oxygens (including phenoxy) is 1. The highest BCUT2D eigenvalue weighted by atomic mass is 19.1. The third-order valence-electron chi connectivity index (χ3n) is 4.08. The van der Waals surface area contributed by atoms with E-state index in [0.717, 1.165) is 11.3 Å². The van der Waals surface area contributed by atoms with Crippen LogP contribution in [0, 0.1) is 5.82 Å². The molecule has 25 heavy (non-hydrogen) atoms. The fourth-order valence-electron chi connectivity index (χ4n) is 2.56. The van der Waals surface area contributed by atoms with Gasteiger partial charge in [-0.1, -0.05) is 30.3 Å². The smallest absolute Gasteiger partial charge is 0.222 e. The summed E-state index contributed by atoms with van der Waals surface area (Å²) in [5, 5.41) is 0. The number of hydrogen-bond donors (Lipinski definition) is 0. The third kappa shape index (κ3) is 5.14. The van der Waals surface area contributed by atoms with Crippen LogP contribution in [-0.2, 0) is 11.2 Å². The maximum Gasteiger partial charge on any atom is 0.222 e. The van der Waals surface area contributed by atoms with Crippen molar-refractivity contribution in [3.8, 4) is 5.75 Å². The molecule has 0 aliphatic heterocycles. The fraction of sp³-hybridized carbons (Fsp3) is 0.300. The molecule has 0 unspecified atom stereocenters. The maximum absolute atomic E-state index is 13.6. The van der Waals surface area contributed by atoms with Gasteiger partial charge in [0.1, 0.15) is 11.6 Å². The number of ketones is 1. The van der Waals surface area contributed by atoms with Crippen molar-refractivity contribution < 1.29 is 18.7 Å². The standard InChI is InChI=1S/C20H22FNO3/c1-22(14-13-15-7-3-6-10-19(15)25-2)20(24)12-11-18(23)16-8-4-5-9-17(16)21/h3-10H,11-14H2,1-2H3. The van der Waals surface area contributed by atoms with Gasteiger partial charge in [0.2, 0.25) is 5.91 Å². The summed E-state index contributed by atoms with van der Waals surface area (Å²) in [7, 11) is 3.31. The number of likely N-dealkylation sites (N-methyl/N-ethyl adjacent to an activating group) is 1. The lowest BCUT2D eigenvalue weighted by atomic mass is 10.1. The highest BCUT2D eigenvalue weighted by Gasteiger charge is 2.15. The molecule has 1 amide bonds. The minimum Gasteiger partial charge on any atom is -0.496 e. The molecule has 132 valence electrons. The molecule has 0 spiro atoms. The average molecular weight is 343 g/mol. The molecule has 0 aromatic heterocycles. The minimum absolute atomic E-state index is 0.00123. The molecular formula is C20H22FNO3. The van der Waals surface area contributed by atoms with Crippen molar-refractivity contribution in [2.45, 2.75) is 19.3 Å². The minimum atomic E-state index is -0.551. The van der Waals surface area contributed by atoms with Gasteiger partial charge in [-0.05, 0) is 30.2 Å². The zero-order chi connectivity index (χ0) is 18.2. The third-order valence-corrected chi connectivity index (χ3v) is 4.08. The number of nitrogens with zero attached hydrogens (tertiary/aromatic N) is 1. The van der Waals surface area contributed by atoms with Crippen LogP contribution in [0.25, 0.3) is 0 Å². The summed E-state index contributed by atoms with van der Waals surface area (Å²) >= 11 is 0. The molecule has 0 fully saturated rings. The van der Waals surface area contributed by atoms with E-state index in [4.69, 9.17) is 4.74 Å². The zero-order valence-corrected chi connectivity index (χ0v) is 14.5. The first-order valence-electron chi connectivity index (χ1n) is 8.16. The van der Waals surface area contributed by atoms with Crippen LogP contribution in [0.5, 0.6) is 5.75 Å². The second-order valence-corrected chi connectivity index (χ2v) is 5.78. The Hall–Kier alpha value is -2.69. The molecular weight excluding hydrogens is 321 g/mol. The van der Waals surface area contributed by atoms with Crippen LogP contribution in [0.15, 0.2) is 48.5 Å². The van der Waals surface area contributed by atoms with Gasteiger partial charge in [0.15, 0.2) is 5.78 Å². The first kappa shape index (κ1) is 18.6. The van der Waals surface area contributed by atoms with E-state index in [0.29, 0.717) is 13.0 Å². The zero-order valence-electron chi connectivity index (χ0n) is 14.5. The van der Waals surface area contributed by atoms with Crippen molar-refractivity contribution in [2.24, 2.45) is 0 Å². The summed E-state index contributed by atoms with van der Waals surface area (Å²) in [4.78, 5) is 25.8. The van der Waals surface area contributed by atoms with E-state index in [2.05, 4.69) is 0 Å². The molecule has 5 heteroatoms. The predicted molar refractivity (Wildman–Crippen MR) is 94.3 cm³/mol. The number of carbonyl (C=O) groups is 2. The molecule has 2 rings (SSSR count). The van der Waals surface area contributed by atoms with Crippen LogP contribution in [0.3, 0.4) is 0 Å². The number of hydrogen-bond acceptors (Lipinski definition) is 3. The summed E-state index contributed by atoms with van der Waals surface area (Å²) in [5.74, 6) is -0.258. The monoisotopic (exact) mass is 343 g/mol. The number of halogens is 1. The molecule has 0 saturated carbocycles. The Labute approximate surface area is 147 Å². The van der Waals surface area contributed by atoms with Gasteiger partial charge in [-0.15, -0.1) is 0 Å². The Bertz CT molecular complexity index is 745. The Morgan fingerprint density at radius 3 is 2.44 bits per heavy atom. The second-order valence-electron chi connectivity index (χ2n) is 5.78. The molecule has 0 bridgehead atoms. The van der Waals surface area contributed by atoms with Crippen LogP contribution in [-0.4, -0.2) is 37.3 Å². The van der Waals surface area contributed by atoms with Gasteiger partial charge >= 0.3 is 0 Å². The fourth-order valence-corrected chi connectivity index (χ4v) is 2.56. The number of para-hydroxylation sites is 1. The van der Waals surface area contributed by atoms with E-state index >= 15 is 0 Å². The van der Waals surface area contributed by atoms with Crippen LogP contribution < -0.4 is 4.74 Å². The number of Topliss-reactive ketones (excluding diaryl/α,β-unsaturated/α-hetero) is 1. The van der Waals surface area contributed by atoms with Gasteiger partial charge in [-0.25, -0.2) is 4.39 Å². The topological polar surface area (TPSA) is 46.6 Å². The first-order valence-corrected chi connectivity index (χ1v) is 8.16. The lowest BCUT2D eigenvalue weighted by Gasteiger charge is -2.18. The molecule has 0 heterocycles. The predicted octanol–water partition coefficient (Wildman–Crippen LogP) is 3.50. The molecule has 0 atom stereocenters. The van der Waals surface area contributed by atoms with Crippen LogP contribution in [0.4, 0.5) is 4.39 Å². The van der Waals surface area contributed by atoms with Gasteiger partial charge in [0.25, 0.3) is 0 Å². The highest BCUT2D eigenvalue weighted by molar-refractivity contribution is 5.98.